The Labute approximate surface area is 154 Å². The van der Waals surface area contributed by atoms with Gasteiger partial charge in [0.1, 0.15) is 0 Å². The van der Waals surface area contributed by atoms with Gasteiger partial charge in [-0.2, -0.15) is 0 Å². The normalized spacial score (nSPS) is 47.0. The van der Waals surface area contributed by atoms with Gasteiger partial charge in [0.05, 0.1) is 6.67 Å². The molecule has 0 heterocycles. The summed E-state index contributed by atoms with van der Waals surface area (Å²) in [6.07, 6.45) is 13.2. The Balaban J connectivity index is 1.64. The van der Waals surface area contributed by atoms with E-state index in [0.717, 1.165) is 17.8 Å². The molecule has 0 aromatic rings. The zero-order valence-corrected chi connectivity index (χ0v) is 16.5. The first-order valence-electron chi connectivity index (χ1n) is 10.5. The molecule has 0 bridgehead atoms. The Morgan fingerprint density at radius 3 is 2.72 bits per heavy atom. The van der Waals surface area contributed by atoms with E-state index in [4.69, 9.17) is 5.73 Å². The molecule has 2 nitrogen and oxygen atoms in total. The standard InChI is InChI=1S/C23H36N2/c1-15-9-11-22(3)17(13-15)5-6-18-20-8-7-19(16(2)25-14-24)23(20,4)12-10-21(18)22/h13,18-21H,1,5-12,14,24H2,2-4H3/b25-16+. The van der Waals surface area contributed by atoms with Crippen LogP contribution >= 0.6 is 0 Å². The molecule has 2 N–H and O–H groups in total. The second-order valence-electron chi connectivity index (χ2n) is 9.82. The highest BCUT2D eigenvalue weighted by Crippen LogP contribution is 2.66. The van der Waals surface area contributed by atoms with Gasteiger partial charge >= 0.3 is 0 Å². The average molecular weight is 341 g/mol. The summed E-state index contributed by atoms with van der Waals surface area (Å²) >= 11 is 0. The molecule has 0 spiro atoms. The molecule has 0 amide bonds. The van der Waals surface area contributed by atoms with Crippen LogP contribution in [0.2, 0.25) is 0 Å². The first-order chi connectivity index (χ1) is 11.9. The monoisotopic (exact) mass is 340 g/mol. The molecule has 4 rings (SSSR count). The summed E-state index contributed by atoms with van der Waals surface area (Å²) < 4.78 is 0. The summed E-state index contributed by atoms with van der Waals surface area (Å²) in [6.45, 7) is 12.1. The van der Waals surface area contributed by atoms with Crippen LogP contribution in [0.15, 0.2) is 28.8 Å². The minimum absolute atomic E-state index is 0.448. The van der Waals surface area contributed by atoms with E-state index in [-0.39, 0.29) is 0 Å². The van der Waals surface area contributed by atoms with Crippen LogP contribution < -0.4 is 5.73 Å². The lowest BCUT2D eigenvalue weighted by Gasteiger charge is -2.58. The third kappa shape index (κ3) is 2.51. The van der Waals surface area contributed by atoms with Crippen LogP contribution in [0, 0.1) is 34.5 Å². The van der Waals surface area contributed by atoms with Crippen molar-refractivity contribution in [3.8, 4) is 0 Å². The molecule has 6 unspecified atom stereocenters. The van der Waals surface area contributed by atoms with Crippen LogP contribution in [0.25, 0.3) is 0 Å². The highest BCUT2D eigenvalue weighted by atomic mass is 14.9. The molecule has 0 aromatic carbocycles. The van der Waals surface area contributed by atoms with Crippen molar-refractivity contribution in [3.63, 3.8) is 0 Å². The second kappa shape index (κ2) is 6.08. The third-order valence-electron chi connectivity index (χ3n) is 8.92. The Morgan fingerprint density at radius 2 is 1.96 bits per heavy atom. The zero-order chi connectivity index (χ0) is 17.8. The molecule has 3 saturated carbocycles. The van der Waals surface area contributed by atoms with E-state index in [1.165, 1.54) is 62.7 Å². The van der Waals surface area contributed by atoms with Gasteiger partial charge in [0.25, 0.3) is 0 Å². The predicted octanol–water partition coefficient (Wildman–Crippen LogP) is 5.50. The molecule has 0 aliphatic heterocycles. The van der Waals surface area contributed by atoms with Crippen LogP contribution in [-0.2, 0) is 0 Å². The maximum absolute atomic E-state index is 5.72. The molecular weight excluding hydrogens is 304 g/mol. The van der Waals surface area contributed by atoms with Gasteiger partial charge in [0, 0.05) is 11.6 Å². The van der Waals surface area contributed by atoms with Gasteiger partial charge in [-0.15, -0.1) is 0 Å². The van der Waals surface area contributed by atoms with Crippen LogP contribution in [0.5, 0.6) is 0 Å². The summed E-state index contributed by atoms with van der Waals surface area (Å²) in [7, 11) is 0. The molecule has 25 heavy (non-hydrogen) atoms. The first kappa shape index (κ1) is 17.5. The highest BCUT2D eigenvalue weighted by molar-refractivity contribution is 5.85. The maximum atomic E-state index is 5.72. The predicted molar refractivity (Wildman–Crippen MR) is 106 cm³/mol. The van der Waals surface area contributed by atoms with E-state index in [1.807, 2.05) is 0 Å². The van der Waals surface area contributed by atoms with E-state index in [9.17, 15) is 0 Å². The molecular formula is C23H36N2. The number of nitrogens with zero attached hydrogens (tertiary/aromatic N) is 1. The number of hydrogen-bond donors (Lipinski definition) is 1. The van der Waals surface area contributed by atoms with Gasteiger partial charge in [-0.3, -0.25) is 4.99 Å². The molecule has 4 aliphatic carbocycles. The Morgan fingerprint density at radius 1 is 1.16 bits per heavy atom. The fourth-order valence-corrected chi connectivity index (χ4v) is 7.59. The van der Waals surface area contributed by atoms with Crippen molar-refractivity contribution in [2.75, 3.05) is 6.67 Å². The van der Waals surface area contributed by atoms with Crippen LogP contribution in [0.3, 0.4) is 0 Å². The van der Waals surface area contributed by atoms with Gasteiger partial charge in [0.15, 0.2) is 0 Å². The van der Waals surface area contributed by atoms with Gasteiger partial charge < -0.3 is 5.73 Å². The van der Waals surface area contributed by atoms with Crippen molar-refractivity contribution in [3.05, 3.63) is 23.8 Å². The highest BCUT2D eigenvalue weighted by Gasteiger charge is 2.59. The van der Waals surface area contributed by atoms with Crippen molar-refractivity contribution < 1.29 is 0 Å². The zero-order valence-electron chi connectivity index (χ0n) is 16.5. The van der Waals surface area contributed by atoms with E-state index in [0.29, 0.717) is 23.4 Å². The second-order valence-corrected chi connectivity index (χ2v) is 9.82. The van der Waals surface area contributed by atoms with E-state index >= 15 is 0 Å². The lowest BCUT2D eigenvalue weighted by atomic mass is 9.46. The van der Waals surface area contributed by atoms with Crippen molar-refractivity contribution >= 4 is 5.71 Å². The summed E-state index contributed by atoms with van der Waals surface area (Å²) in [4.78, 5) is 4.61. The Kier molecular flexibility index (Phi) is 4.26. The fraction of sp³-hybridized carbons (Fsp3) is 0.783. The van der Waals surface area contributed by atoms with Crippen LogP contribution in [-0.4, -0.2) is 12.4 Å². The molecule has 2 heteroatoms. The van der Waals surface area contributed by atoms with Gasteiger partial charge in [-0.1, -0.05) is 37.6 Å². The molecule has 138 valence electrons. The lowest BCUT2D eigenvalue weighted by Crippen LogP contribution is -2.50. The molecule has 6 atom stereocenters. The number of nitrogens with two attached hydrogens (primary N) is 1. The fourth-order valence-electron chi connectivity index (χ4n) is 7.59. The molecule has 0 aromatic heterocycles. The van der Waals surface area contributed by atoms with Crippen molar-refractivity contribution in [2.45, 2.75) is 72.1 Å². The van der Waals surface area contributed by atoms with E-state index < -0.39 is 0 Å². The third-order valence-corrected chi connectivity index (χ3v) is 8.92. The summed E-state index contributed by atoms with van der Waals surface area (Å²) in [5.41, 5.74) is 11.0. The largest absolute Gasteiger partial charge is 0.312 e. The summed E-state index contributed by atoms with van der Waals surface area (Å²) in [6, 6.07) is 0. The topological polar surface area (TPSA) is 38.4 Å². The number of rotatable bonds is 2. The van der Waals surface area contributed by atoms with Crippen molar-refractivity contribution in [2.24, 2.45) is 45.2 Å². The summed E-state index contributed by atoms with van der Waals surface area (Å²) in [5, 5.41) is 0. The minimum Gasteiger partial charge on any atom is -0.312 e. The SMILES string of the molecule is C=C1C=C2CCC3C(CCC4(C)C(/C(C)=N/CN)CCC34)C2(C)CC1. The van der Waals surface area contributed by atoms with Gasteiger partial charge in [-0.05, 0) is 86.9 Å². The lowest BCUT2D eigenvalue weighted by molar-refractivity contribution is -0.0417. The molecule has 4 aliphatic rings. The van der Waals surface area contributed by atoms with Gasteiger partial charge in [0.2, 0.25) is 0 Å². The van der Waals surface area contributed by atoms with Gasteiger partial charge in [-0.25, -0.2) is 0 Å². The van der Waals surface area contributed by atoms with Crippen molar-refractivity contribution in [1.82, 2.24) is 0 Å². The number of fused-ring (bicyclic) bond motifs is 5. The van der Waals surface area contributed by atoms with E-state index in [1.54, 1.807) is 5.57 Å². The molecule has 0 radical (unpaired) electrons. The Bertz CT molecular complexity index is 630. The van der Waals surface area contributed by atoms with E-state index in [2.05, 4.69) is 38.4 Å². The minimum atomic E-state index is 0.448. The van der Waals surface area contributed by atoms with Crippen LogP contribution in [0.1, 0.15) is 72.1 Å². The first-order valence-corrected chi connectivity index (χ1v) is 10.5. The average Bonchev–Trinajstić information content (AvgIpc) is 2.93. The smallest absolute Gasteiger partial charge is 0.0858 e. The number of aliphatic imine (C=N–C) groups is 1. The van der Waals surface area contributed by atoms with Crippen molar-refractivity contribution in [1.29, 1.82) is 0 Å². The maximum Gasteiger partial charge on any atom is 0.0858 e. The summed E-state index contributed by atoms with van der Waals surface area (Å²) in [5.74, 6) is 3.37. The Hall–Kier alpha value is -0.890. The quantitative estimate of drug-likeness (QED) is 0.662. The molecule has 3 fully saturated rings. The van der Waals surface area contributed by atoms with Crippen LogP contribution in [0.4, 0.5) is 0 Å². The molecule has 0 saturated heterocycles. The number of allylic oxidation sites excluding steroid dienone is 3. The number of hydrogen-bond acceptors (Lipinski definition) is 2.